The average molecular weight is 583 g/mol. The molecule has 1 aliphatic rings. The monoisotopic (exact) mass is 582 g/mol. The Balaban J connectivity index is 1.33. The van der Waals surface area contributed by atoms with Crippen molar-refractivity contribution in [2.24, 2.45) is 0 Å². The molecule has 4 N–H and O–H groups in total. The van der Waals surface area contributed by atoms with E-state index in [1.165, 1.54) is 0 Å². The Morgan fingerprint density at radius 3 is 2.67 bits per heavy atom. The Labute approximate surface area is 238 Å². The van der Waals surface area contributed by atoms with Gasteiger partial charge in [-0.05, 0) is 37.6 Å². The summed E-state index contributed by atoms with van der Waals surface area (Å²) in [7, 11) is 0. The summed E-state index contributed by atoms with van der Waals surface area (Å²) in [4.78, 5) is 39.6. The highest BCUT2D eigenvalue weighted by Gasteiger charge is 2.31. The number of hydrogen-bond acceptors (Lipinski definition) is 7. The Morgan fingerprint density at radius 2 is 1.93 bits per heavy atom. The minimum Gasteiger partial charge on any atom is -0.382 e. The highest BCUT2D eigenvalue weighted by Crippen LogP contribution is 2.31. The van der Waals surface area contributed by atoms with Crippen molar-refractivity contribution < 1.29 is 27.5 Å². The molecule has 3 amide bonds. The molecule has 0 saturated carbocycles. The largest absolute Gasteiger partial charge is 0.416 e. The zero-order valence-corrected chi connectivity index (χ0v) is 22.7. The maximum atomic E-state index is 13.0. The molecule has 5 rings (SSSR count). The number of aromatic nitrogens is 4. The number of hydrogen-bond donors (Lipinski definition) is 3. The molecule has 1 unspecified atom stereocenters. The first kappa shape index (κ1) is 28.8. The van der Waals surface area contributed by atoms with Crippen molar-refractivity contribution in [1.29, 1.82) is 0 Å². The number of morpholine rings is 1. The van der Waals surface area contributed by atoms with Gasteiger partial charge >= 0.3 is 12.2 Å². The lowest BCUT2D eigenvalue weighted by atomic mass is 10.1. The highest BCUT2D eigenvalue weighted by molar-refractivity contribution is 6.04. The summed E-state index contributed by atoms with van der Waals surface area (Å²) in [6.07, 6.45) is 0.802. The van der Waals surface area contributed by atoms with Crippen LogP contribution in [0.4, 0.5) is 29.6 Å². The van der Waals surface area contributed by atoms with Crippen LogP contribution in [0.25, 0.3) is 16.8 Å². The van der Waals surface area contributed by atoms with Gasteiger partial charge in [0.15, 0.2) is 0 Å². The van der Waals surface area contributed by atoms with Gasteiger partial charge in [0.1, 0.15) is 28.7 Å². The number of carbonyl (C=O) groups is 2. The summed E-state index contributed by atoms with van der Waals surface area (Å²) >= 11 is 0. The van der Waals surface area contributed by atoms with Crippen LogP contribution in [0.1, 0.15) is 35.1 Å². The number of nitrogens with zero attached hydrogens (tertiary/aromatic N) is 5. The van der Waals surface area contributed by atoms with Gasteiger partial charge in [-0.15, -0.1) is 0 Å². The number of alkyl halides is 3. The van der Waals surface area contributed by atoms with Crippen molar-refractivity contribution in [3.63, 3.8) is 0 Å². The van der Waals surface area contributed by atoms with E-state index in [0.717, 1.165) is 24.2 Å². The molecule has 0 spiro atoms. The molecule has 42 heavy (non-hydrogen) atoms. The van der Waals surface area contributed by atoms with Gasteiger partial charge in [-0.1, -0.05) is 12.1 Å². The molecular formula is C28H29F3N8O3. The fourth-order valence-electron chi connectivity index (χ4n) is 4.78. The molecule has 3 aromatic heterocycles. The number of nitrogens with two attached hydrogens (primary N) is 1. The van der Waals surface area contributed by atoms with Crippen LogP contribution < -0.4 is 16.4 Å². The predicted octanol–water partition coefficient (Wildman–Crippen LogP) is 4.01. The van der Waals surface area contributed by atoms with Crippen molar-refractivity contribution >= 4 is 29.1 Å². The van der Waals surface area contributed by atoms with Crippen LogP contribution in [0.2, 0.25) is 0 Å². The van der Waals surface area contributed by atoms with Crippen molar-refractivity contribution in [3.8, 4) is 11.3 Å². The van der Waals surface area contributed by atoms with E-state index in [-0.39, 0.29) is 29.3 Å². The van der Waals surface area contributed by atoms with Gasteiger partial charge in [-0.25, -0.2) is 19.7 Å². The topological polar surface area (TPSA) is 140 Å². The Hall–Kier alpha value is -4.72. The minimum absolute atomic E-state index is 0.110. The van der Waals surface area contributed by atoms with Crippen LogP contribution in [0.5, 0.6) is 0 Å². The Kier molecular flexibility index (Phi) is 8.24. The minimum atomic E-state index is -4.55. The Morgan fingerprint density at radius 1 is 1.14 bits per heavy atom. The molecule has 1 atom stereocenters. The number of carbonyl (C=O) groups excluding carboxylic acids is 2. The van der Waals surface area contributed by atoms with E-state index in [1.807, 2.05) is 11.3 Å². The summed E-state index contributed by atoms with van der Waals surface area (Å²) in [5, 5.41) is 5.21. The first-order valence-electron chi connectivity index (χ1n) is 13.3. The van der Waals surface area contributed by atoms with Crippen molar-refractivity contribution in [2.45, 2.75) is 32.0 Å². The van der Waals surface area contributed by atoms with Gasteiger partial charge in [0.25, 0.3) is 5.91 Å². The summed E-state index contributed by atoms with van der Waals surface area (Å²) in [6.45, 7) is 3.89. The highest BCUT2D eigenvalue weighted by atomic mass is 19.4. The molecule has 4 aromatic rings. The fourth-order valence-corrected chi connectivity index (χ4v) is 4.78. The third-order valence-electron chi connectivity index (χ3n) is 6.85. The first-order valence-corrected chi connectivity index (χ1v) is 13.3. The maximum absolute atomic E-state index is 13.0. The van der Waals surface area contributed by atoms with E-state index in [2.05, 4.69) is 20.6 Å². The number of benzene rings is 1. The molecule has 1 aliphatic heterocycles. The van der Waals surface area contributed by atoms with E-state index in [9.17, 15) is 22.8 Å². The molecule has 1 fully saturated rings. The number of nitrogen functional groups attached to an aromatic ring is 1. The van der Waals surface area contributed by atoms with E-state index in [4.69, 9.17) is 15.5 Å². The van der Waals surface area contributed by atoms with Crippen LogP contribution in [0, 0.1) is 0 Å². The zero-order chi connectivity index (χ0) is 29.9. The third kappa shape index (κ3) is 6.28. The molecule has 0 radical (unpaired) electrons. The van der Waals surface area contributed by atoms with E-state index >= 15 is 0 Å². The number of nitrogens with one attached hydrogen (secondary N) is 2. The SMILES string of the molecule is CCNC(=O)N1CCOC(CCc2nc(-c3ccc(C(=O)Nc4cc(C(F)(F)F)ccn4)cc3)c3c(N)nccn23)C1. The lowest BCUT2D eigenvalue weighted by Gasteiger charge is -2.32. The van der Waals surface area contributed by atoms with Crippen LogP contribution in [-0.2, 0) is 17.3 Å². The second-order valence-electron chi connectivity index (χ2n) is 9.68. The van der Waals surface area contributed by atoms with Gasteiger partial charge in [0.2, 0.25) is 0 Å². The number of imidazole rings is 1. The average Bonchev–Trinajstić information content (AvgIpc) is 3.36. The first-order chi connectivity index (χ1) is 20.1. The van der Waals surface area contributed by atoms with Gasteiger partial charge in [-0.2, -0.15) is 13.2 Å². The summed E-state index contributed by atoms with van der Waals surface area (Å²) in [5.74, 6) is 0.183. The van der Waals surface area contributed by atoms with Crippen molar-refractivity contribution in [3.05, 3.63) is 71.9 Å². The predicted molar refractivity (Wildman–Crippen MR) is 149 cm³/mol. The molecule has 0 bridgehead atoms. The second kappa shape index (κ2) is 12.0. The van der Waals surface area contributed by atoms with E-state index in [1.54, 1.807) is 41.6 Å². The van der Waals surface area contributed by atoms with E-state index in [0.29, 0.717) is 55.9 Å². The smallest absolute Gasteiger partial charge is 0.382 e. The number of anilines is 2. The fraction of sp³-hybridized carbons (Fsp3) is 0.321. The summed E-state index contributed by atoms with van der Waals surface area (Å²) < 4.78 is 46.8. The molecule has 11 nitrogen and oxygen atoms in total. The number of ether oxygens (including phenoxy) is 1. The summed E-state index contributed by atoms with van der Waals surface area (Å²) in [5.41, 5.74) is 7.38. The van der Waals surface area contributed by atoms with Crippen molar-refractivity contribution in [2.75, 3.05) is 37.3 Å². The van der Waals surface area contributed by atoms with Crippen LogP contribution in [0.15, 0.2) is 55.0 Å². The number of rotatable bonds is 7. The van der Waals surface area contributed by atoms with Gasteiger partial charge in [0, 0.05) is 55.8 Å². The molecule has 14 heteroatoms. The normalized spacial score (nSPS) is 15.5. The lowest BCUT2D eigenvalue weighted by Crippen LogP contribution is -2.49. The van der Waals surface area contributed by atoms with Gasteiger partial charge < -0.3 is 26.0 Å². The van der Waals surface area contributed by atoms with Crippen LogP contribution in [-0.4, -0.2) is 68.5 Å². The van der Waals surface area contributed by atoms with Gasteiger partial charge in [0.05, 0.1) is 18.3 Å². The number of aryl methyl sites for hydroxylation is 1. The zero-order valence-electron chi connectivity index (χ0n) is 22.7. The number of fused-ring (bicyclic) bond motifs is 1. The standard InChI is InChI=1S/C28H29F3N8O3/c1-2-33-27(41)38-13-14-42-20(16-38)7-8-22-37-23(24-25(32)35-11-12-39(22)24)17-3-5-18(6-4-17)26(40)36-21-15-19(9-10-34-21)28(29,30)31/h3-6,9-12,15,20H,2,7-8,13-14,16H2,1H3,(H2,32,35)(H,33,41)(H,34,36,40). The summed E-state index contributed by atoms with van der Waals surface area (Å²) in [6, 6.07) is 7.95. The molecule has 1 saturated heterocycles. The molecular weight excluding hydrogens is 553 g/mol. The lowest BCUT2D eigenvalue weighted by molar-refractivity contribution is -0.137. The molecule has 4 heterocycles. The number of amides is 3. The molecule has 220 valence electrons. The number of halogens is 3. The maximum Gasteiger partial charge on any atom is 0.416 e. The quantitative estimate of drug-likeness (QED) is 0.299. The van der Waals surface area contributed by atoms with Crippen LogP contribution >= 0.6 is 0 Å². The third-order valence-corrected chi connectivity index (χ3v) is 6.85. The Bertz CT molecular complexity index is 1590. The van der Waals surface area contributed by atoms with Gasteiger partial charge in [-0.3, -0.25) is 9.20 Å². The van der Waals surface area contributed by atoms with E-state index < -0.39 is 17.6 Å². The second-order valence-corrected chi connectivity index (χ2v) is 9.68. The number of pyridine rings is 1. The number of urea groups is 1. The molecule has 0 aliphatic carbocycles. The van der Waals surface area contributed by atoms with Crippen LogP contribution in [0.3, 0.4) is 0 Å². The van der Waals surface area contributed by atoms with Crippen molar-refractivity contribution in [1.82, 2.24) is 29.6 Å². The molecule has 1 aromatic carbocycles.